The largest absolute Gasteiger partial charge is 0.377 e. The fourth-order valence-electron chi connectivity index (χ4n) is 2.09. The molecule has 0 aliphatic rings. The van der Waals surface area contributed by atoms with Crippen molar-refractivity contribution in [2.75, 3.05) is 6.61 Å². The van der Waals surface area contributed by atoms with Gasteiger partial charge in [0.2, 0.25) is 0 Å². The highest BCUT2D eigenvalue weighted by molar-refractivity contribution is 5.26. The van der Waals surface area contributed by atoms with Crippen LogP contribution in [0.4, 0.5) is 0 Å². The highest BCUT2D eigenvalue weighted by atomic mass is 16.5. The molecule has 0 aliphatic carbocycles. The number of hydrogen-bond donors (Lipinski definition) is 1. The fraction of sp³-hybridized carbons (Fsp3) is 0.375. The van der Waals surface area contributed by atoms with E-state index in [0.29, 0.717) is 6.61 Å². The molecule has 0 fully saturated rings. The molecule has 0 atom stereocenters. The first-order chi connectivity index (χ1) is 9.31. The summed E-state index contributed by atoms with van der Waals surface area (Å²) in [6, 6.07) is 12.6. The summed E-state index contributed by atoms with van der Waals surface area (Å²) in [5.74, 6) is 0. The summed E-state index contributed by atoms with van der Waals surface area (Å²) in [6.07, 6.45) is 2.07. The van der Waals surface area contributed by atoms with Crippen LogP contribution in [0, 0.1) is 0 Å². The van der Waals surface area contributed by atoms with E-state index in [9.17, 15) is 0 Å². The molecule has 0 radical (unpaired) electrons. The molecule has 1 aromatic heterocycles. The molecule has 2 aromatic rings. The second kappa shape index (κ2) is 7.12. The number of nitrogens with one attached hydrogen (secondary N) is 1. The topological polar surface area (TPSA) is 26.2 Å². The summed E-state index contributed by atoms with van der Waals surface area (Å²) >= 11 is 0. The number of nitrogens with zero attached hydrogens (tertiary/aromatic N) is 1. The van der Waals surface area contributed by atoms with Gasteiger partial charge in [-0.25, -0.2) is 0 Å². The lowest BCUT2D eigenvalue weighted by Gasteiger charge is -2.11. The molecule has 0 spiro atoms. The Morgan fingerprint density at radius 1 is 1.05 bits per heavy atom. The van der Waals surface area contributed by atoms with Crippen LogP contribution in [0.2, 0.25) is 0 Å². The van der Waals surface area contributed by atoms with Gasteiger partial charge in [0.15, 0.2) is 0 Å². The molecule has 0 aliphatic heterocycles. The van der Waals surface area contributed by atoms with Crippen molar-refractivity contribution < 1.29 is 4.74 Å². The quantitative estimate of drug-likeness (QED) is 0.826. The van der Waals surface area contributed by atoms with Crippen LogP contribution >= 0.6 is 0 Å². The molecule has 0 bridgehead atoms. The van der Waals surface area contributed by atoms with Gasteiger partial charge in [-0.2, -0.15) is 0 Å². The van der Waals surface area contributed by atoms with Crippen molar-refractivity contribution in [3.63, 3.8) is 0 Å². The van der Waals surface area contributed by atoms with E-state index < -0.39 is 0 Å². The summed E-state index contributed by atoms with van der Waals surface area (Å²) in [5, 5.41) is 3.49. The average Bonchev–Trinajstić information content (AvgIpc) is 2.83. The van der Waals surface area contributed by atoms with Crippen molar-refractivity contribution >= 4 is 0 Å². The molecule has 1 aromatic carbocycles. The third-order valence-corrected chi connectivity index (χ3v) is 3.25. The van der Waals surface area contributed by atoms with Gasteiger partial charge in [-0.1, -0.05) is 24.3 Å². The van der Waals surface area contributed by atoms with Crippen LogP contribution in [0.1, 0.15) is 23.7 Å². The van der Waals surface area contributed by atoms with Crippen molar-refractivity contribution in [1.29, 1.82) is 0 Å². The predicted molar refractivity (Wildman–Crippen MR) is 77.7 cm³/mol. The van der Waals surface area contributed by atoms with E-state index in [1.807, 2.05) is 6.92 Å². The van der Waals surface area contributed by atoms with Crippen molar-refractivity contribution in [2.24, 2.45) is 7.05 Å². The van der Waals surface area contributed by atoms with Crippen molar-refractivity contribution in [3.05, 3.63) is 59.4 Å². The second-order valence-electron chi connectivity index (χ2n) is 4.62. The Balaban J connectivity index is 1.90. The van der Waals surface area contributed by atoms with E-state index in [4.69, 9.17) is 4.74 Å². The highest BCUT2D eigenvalue weighted by Gasteiger charge is 2.02. The maximum Gasteiger partial charge on any atom is 0.0719 e. The van der Waals surface area contributed by atoms with Gasteiger partial charge in [0, 0.05) is 38.6 Å². The first-order valence-corrected chi connectivity index (χ1v) is 6.76. The summed E-state index contributed by atoms with van der Waals surface area (Å²) in [7, 11) is 2.07. The first kappa shape index (κ1) is 13.8. The number of aryl methyl sites for hydroxylation is 1. The smallest absolute Gasteiger partial charge is 0.0719 e. The molecule has 2 rings (SSSR count). The van der Waals surface area contributed by atoms with Crippen LogP contribution in [0.25, 0.3) is 0 Å². The fourth-order valence-corrected chi connectivity index (χ4v) is 2.09. The predicted octanol–water partition coefficient (Wildman–Crippen LogP) is 2.85. The van der Waals surface area contributed by atoms with Gasteiger partial charge in [-0.05, 0) is 30.2 Å². The minimum atomic E-state index is 0.693. The van der Waals surface area contributed by atoms with Gasteiger partial charge in [0.1, 0.15) is 0 Å². The molecular weight excluding hydrogens is 236 g/mol. The van der Waals surface area contributed by atoms with E-state index >= 15 is 0 Å². The molecule has 3 heteroatoms. The zero-order valence-corrected chi connectivity index (χ0v) is 11.7. The molecule has 0 saturated carbocycles. The molecule has 0 amide bonds. The highest BCUT2D eigenvalue weighted by Crippen LogP contribution is 2.10. The molecule has 1 N–H and O–H groups in total. The lowest BCUT2D eigenvalue weighted by molar-refractivity contribution is 0.133. The number of rotatable bonds is 7. The van der Waals surface area contributed by atoms with Crippen molar-refractivity contribution in [1.82, 2.24) is 9.88 Å². The average molecular weight is 258 g/mol. The first-order valence-electron chi connectivity index (χ1n) is 6.76. The minimum Gasteiger partial charge on any atom is -0.377 e. The summed E-state index contributed by atoms with van der Waals surface area (Å²) in [4.78, 5) is 0. The Hall–Kier alpha value is -1.58. The molecule has 0 unspecified atom stereocenters. The van der Waals surface area contributed by atoms with Gasteiger partial charge in [-0.15, -0.1) is 0 Å². The van der Waals surface area contributed by atoms with Gasteiger partial charge >= 0.3 is 0 Å². The third-order valence-electron chi connectivity index (χ3n) is 3.25. The lowest BCUT2D eigenvalue weighted by atomic mass is 10.1. The van der Waals surface area contributed by atoms with E-state index in [0.717, 1.165) is 19.7 Å². The summed E-state index contributed by atoms with van der Waals surface area (Å²) < 4.78 is 7.64. The number of hydrogen-bond acceptors (Lipinski definition) is 2. The summed E-state index contributed by atoms with van der Waals surface area (Å²) in [6.45, 7) is 5.22. The van der Waals surface area contributed by atoms with Crippen LogP contribution in [-0.2, 0) is 31.5 Å². The van der Waals surface area contributed by atoms with Gasteiger partial charge in [0.05, 0.1) is 6.61 Å². The van der Waals surface area contributed by atoms with E-state index in [-0.39, 0.29) is 0 Å². The molecular formula is C16H22N2O. The van der Waals surface area contributed by atoms with E-state index in [1.54, 1.807) is 0 Å². The molecule has 3 nitrogen and oxygen atoms in total. The van der Waals surface area contributed by atoms with Crippen LogP contribution in [0.5, 0.6) is 0 Å². The maximum atomic E-state index is 5.50. The Kier molecular flexibility index (Phi) is 5.19. The standard InChI is InChI=1S/C16H22N2O/c1-3-19-13-15-8-5-4-7-14(15)11-17-12-16-9-6-10-18(16)2/h4-10,17H,3,11-13H2,1-2H3. The van der Waals surface area contributed by atoms with Crippen LogP contribution < -0.4 is 5.32 Å². The lowest BCUT2D eigenvalue weighted by Crippen LogP contribution is -2.16. The van der Waals surface area contributed by atoms with Crippen molar-refractivity contribution in [3.8, 4) is 0 Å². The van der Waals surface area contributed by atoms with Crippen LogP contribution in [0.15, 0.2) is 42.6 Å². The van der Waals surface area contributed by atoms with Gasteiger partial charge in [-0.3, -0.25) is 0 Å². The van der Waals surface area contributed by atoms with Gasteiger partial charge < -0.3 is 14.6 Å². The molecule has 0 saturated heterocycles. The Morgan fingerprint density at radius 2 is 1.84 bits per heavy atom. The monoisotopic (exact) mass is 258 g/mol. The third kappa shape index (κ3) is 3.94. The molecule has 102 valence electrons. The number of ether oxygens (including phenoxy) is 1. The Labute approximate surface area is 115 Å². The van der Waals surface area contributed by atoms with Crippen LogP contribution in [-0.4, -0.2) is 11.2 Å². The van der Waals surface area contributed by atoms with Gasteiger partial charge in [0.25, 0.3) is 0 Å². The molecule has 19 heavy (non-hydrogen) atoms. The zero-order chi connectivity index (χ0) is 13.5. The second-order valence-corrected chi connectivity index (χ2v) is 4.62. The van der Waals surface area contributed by atoms with E-state index in [2.05, 4.69) is 59.5 Å². The Morgan fingerprint density at radius 3 is 2.53 bits per heavy atom. The normalized spacial score (nSPS) is 10.8. The summed E-state index contributed by atoms with van der Waals surface area (Å²) in [5.41, 5.74) is 3.87. The zero-order valence-electron chi connectivity index (χ0n) is 11.7. The minimum absolute atomic E-state index is 0.693. The van der Waals surface area contributed by atoms with E-state index in [1.165, 1.54) is 16.8 Å². The SMILES string of the molecule is CCOCc1ccccc1CNCc1cccn1C. The van der Waals surface area contributed by atoms with Crippen LogP contribution in [0.3, 0.4) is 0 Å². The number of benzene rings is 1. The van der Waals surface area contributed by atoms with Crippen molar-refractivity contribution in [2.45, 2.75) is 26.6 Å². The molecule has 1 heterocycles. The maximum absolute atomic E-state index is 5.50. The Bertz CT molecular complexity index is 505. The number of aromatic nitrogens is 1.